The van der Waals surface area contributed by atoms with E-state index in [0.29, 0.717) is 11.3 Å². The predicted octanol–water partition coefficient (Wildman–Crippen LogP) is 7.05. The van der Waals surface area contributed by atoms with Crippen LogP contribution in [0, 0.1) is 5.41 Å². The van der Waals surface area contributed by atoms with Crippen LogP contribution in [0.15, 0.2) is 67.3 Å². The second-order valence-corrected chi connectivity index (χ2v) is 8.39. The Kier molecular flexibility index (Phi) is 8.31. The third kappa shape index (κ3) is 6.36. The van der Waals surface area contributed by atoms with Gasteiger partial charge >= 0.3 is 0 Å². The predicted molar refractivity (Wildman–Crippen MR) is 121 cm³/mol. The zero-order valence-electron chi connectivity index (χ0n) is 17.6. The van der Waals surface area contributed by atoms with Crippen LogP contribution in [0.1, 0.15) is 69.4 Å². The molecule has 0 bridgehead atoms. The molecule has 27 heavy (non-hydrogen) atoms. The van der Waals surface area contributed by atoms with Crippen LogP contribution in [-0.2, 0) is 0 Å². The average Bonchev–Trinajstić information content (AvgIpc) is 2.67. The van der Waals surface area contributed by atoms with Crippen LogP contribution in [0.3, 0.4) is 0 Å². The van der Waals surface area contributed by atoms with Gasteiger partial charge in [-0.05, 0) is 80.2 Å². The summed E-state index contributed by atoms with van der Waals surface area (Å²) < 4.78 is 0. The smallest absolute Gasteiger partial charge is 0.00464 e. The maximum atomic E-state index is 4.48. The summed E-state index contributed by atoms with van der Waals surface area (Å²) in [5.41, 5.74) is 5.87. The lowest BCUT2D eigenvalue weighted by molar-refractivity contribution is 0.212. The lowest BCUT2D eigenvalue weighted by Gasteiger charge is -2.39. The van der Waals surface area contributed by atoms with Crippen LogP contribution in [0.4, 0.5) is 0 Å². The first-order chi connectivity index (χ1) is 13.0. The summed E-state index contributed by atoms with van der Waals surface area (Å²) in [6.07, 6.45) is 15.6. The number of rotatable bonds is 9. The van der Waals surface area contributed by atoms with E-state index >= 15 is 0 Å². The van der Waals surface area contributed by atoms with Gasteiger partial charge < -0.3 is 5.32 Å². The van der Waals surface area contributed by atoms with Gasteiger partial charge in [-0.1, -0.05) is 81.1 Å². The minimum Gasteiger partial charge on any atom is -0.320 e. The molecule has 0 spiro atoms. The Morgan fingerprint density at radius 2 is 1.96 bits per heavy atom. The summed E-state index contributed by atoms with van der Waals surface area (Å²) in [5, 5.41) is 3.36. The molecule has 0 radical (unpaired) electrons. The van der Waals surface area contributed by atoms with Crippen LogP contribution >= 0.6 is 0 Å². The standard InChI is InChI=1S/C26H37N/c1-6-7-8-10-23-11-9-16-26(20-23,17-18-27-5)19-22(4)25-14-12-24(13-15-25)21(2)3/h6-8,10,12-15,21,27H,1,4,9,11,16-20H2,2-3,5H3/b8-7-,23-10+. The van der Waals surface area contributed by atoms with Gasteiger partial charge in [-0.25, -0.2) is 0 Å². The highest BCUT2D eigenvalue weighted by atomic mass is 14.8. The van der Waals surface area contributed by atoms with Gasteiger partial charge in [0.1, 0.15) is 0 Å². The second-order valence-electron chi connectivity index (χ2n) is 8.39. The highest BCUT2D eigenvalue weighted by molar-refractivity contribution is 5.64. The Bertz CT molecular complexity index is 675. The molecule has 1 nitrogen and oxygen atoms in total. The summed E-state index contributed by atoms with van der Waals surface area (Å²) in [4.78, 5) is 0. The van der Waals surface area contributed by atoms with E-state index in [9.17, 15) is 0 Å². The van der Waals surface area contributed by atoms with Crippen LogP contribution in [0.25, 0.3) is 5.57 Å². The Labute approximate surface area is 167 Å². The molecule has 1 atom stereocenters. The molecule has 0 saturated heterocycles. The average molecular weight is 364 g/mol. The third-order valence-electron chi connectivity index (χ3n) is 5.87. The summed E-state index contributed by atoms with van der Waals surface area (Å²) >= 11 is 0. The first-order valence-electron chi connectivity index (χ1n) is 10.4. The van der Waals surface area contributed by atoms with Crippen molar-refractivity contribution in [3.05, 3.63) is 78.4 Å². The highest BCUT2D eigenvalue weighted by Crippen LogP contribution is 2.47. The minimum absolute atomic E-state index is 0.322. The number of hydrogen-bond donors (Lipinski definition) is 1. The number of nitrogens with one attached hydrogen (secondary N) is 1. The van der Waals surface area contributed by atoms with Crippen molar-refractivity contribution in [3.8, 4) is 0 Å². The Balaban J connectivity index is 2.16. The van der Waals surface area contributed by atoms with E-state index in [-0.39, 0.29) is 0 Å². The quantitative estimate of drug-likeness (QED) is 0.463. The highest BCUT2D eigenvalue weighted by Gasteiger charge is 2.34. The van der Waals surface area contributed by atoms with E-state index in [4.69, 9.17) is 0 Å². The molecule has 1 aromatic rings. The molecule has 1 aliphatic carbocycles. The Hall–Kier alpha value is -1.86. The van der Waals surface area contributed by atoms with Crippen molar-refractivity contribution in [2.75, 3.05) is 13.6 Å². The Morgan fingerprint density at radius 3 is 2.59 bits per heavy atom. The fourth-order valence-electron chi connectivity index (χ4n) is 4.26. The molecule has 2 rings (SSSR count). The molecule has 0 heterocycles. The molecule has 1 aliphatic rings. The molecular formula is C26H37N. The fourth-order valence-corrected chi connectivity index (χ4v) is 4.26. The van der Waals surface area contributed by atoms with Gasteiger partial charge in [-0.2, -0.15) is 0 Å². The molecule has 1 fully saturated rings. The SMILES string of the molecule is C=C/C=C\C=C1/CCCC(CCNC)(CC(=C)c2ccc(C(C)C)cc2)C1. The zero-order chi connectivity index (χ0) is 19.7. The van der Waals surface area contributed by atoms with Crippen LogP contribution in [0.5, 0.6) is 0 Å². The van der Waals surface area contributed by atoms with Crippen LogP contribution < -0.4 is 5.32 Å². The van der Waals surface area contributed by atoms with E-state index < -0.39 is 0 Å². The van der Waals surface area contributed by atoms with Crippen molar-refractivity contribution >= 4 is 5.57 Å². The topological polar surface area (TPSA) is 12.0 Å². The van der Waals surface area contributed by atoms with Crippen LogP contribution in [0.2, 0.25) is 0 Å². The molecule has 0 aliphatic heterocycles. The second kappa shape index (κ2) is 10.5. The summed E-state index contributed by atoms with van der Waals surface area (Å²) in [6, 6.07) is 9.04. The zero-order valence-corrected chi connectivity index (χ0v) is 17.6. The van der Waals surface area contributed by atoms with Gasteiger partial charge in [0.15, 0.2) is 0 Å². The van der Waals surface area contributed by atoms with E-state index in [1.165, 1.54) is 48.8 Å². The van der Waals surface area contributed by atoms with Crippen molar-refractivity contribution in [1.29, 1.82) is 0 Å². The summed E-state index contributed by atoms with van der Waals surface area (Å²) in [7, 11) is 2.06. The van der Waals surface area contributed by atoms with Gasteiger partial charge in [0.25, 0.3) is 0 Å². The maximum absolute atomic E-state index is 4.48. The van der Waals surface area contributed by atoms with E-state index in [1.807, 2.05) is 12.2 Å². The van der Waals surface area contributed by atoms with E-state index in [2.05, 4.69) is 75.8 Å². The molecule has 1 N–H and O–H groups in total. The van der Waals surface area contributed by atoms with Gasteiger partial charge in [-0.15, -0.1) is 0 Å². The summed E-state index contributed by atoms with van der Waals surface area (Å²) in [5.74, 6) is 0.573. The molecule has 1 heteroatoms. The monoisotopic (exact) mass is 363 g/mol. The third-order valence-corrected chi connectivity index (χ3v) is 5.87. The van der Waals surface area contributed by atoms with E-state index in [0.717, 1.165) is 13.0 Å². The van der Waals surface area contributed by atoms with Gasteiger partial charge in [0.05, 0.1) is 0 Å². The molecule has 1 unspecified atom stereocenters. The maximum Gasteiger partial charge on any atom is -0.00464 e. The minimum atomic E-state index is 0.322. The first kappa shape index (κ1) is 21.4. The van der Waals surface area contributed by atoms with Gasteiger partial charge in [-0.3, -0.25) is 0 Å². The van der Waals surface area contributed by atoms with Gasteiger partial charge in [0.2, 0.25) is 0 Å². The largest absolute Gasteiger partial charge is 0.320 e. The van der Waals surface area contributed by atoms with Crippen molar-refractivity contribution in [1.82, 2.24) is 5.32 Å². The van der Waals surface area contributed by atoms with Gasteiger partial charge in [0, 0.05) is 0 Å². The van der Waals surface area contributed by atoms with Crippen molar-refractivity contribution < 1.29 is 0 Å². The van der Waals surface area contributed by atoms with E-state index in [1.54, 1.807) is 5.57 Å². The van der Waals surface area contributed by atoms with Crippen molar-refractivity contribution in [2.45, 2.75) is 58.3 Å². The Morgan fingerprint density at radius 1 is 1.22 bits per heavy atom. The number of hydrogen-bond acceptors (Lipinski definition) is 1. The number of allylic oxidation sites excluding steroid dienone is 6. The van der Waals surface area contributed by atoms with Crippen molar-refractivity contribution in [2.24, 2.45) is 5.41 Å². The molecule has 0 aromatic heterocycles. The first-order valence-corrected chi connectivity index (χ1v) is 10.4. The number of benzene rings is 1. The van der Waals surface area contributed by atoms with Crippen molar-refractivity contribution in [3.63, 3.8) is 0 Å². The molecule has 1 saturated carbocycles. The lowest BCUT2D eigenvalue weighted by Crippen LogP contribution is -2.29. The van der Waals surface area contributed by atoms with Crippen LogP contribution in [-0.4, -0.2) is 13.6 Å². The summed E-state index contributed by atoms with van der Waals surface area (Å²) in [6.45, 7) is 13.8. The molecule has 1 aromatic carbocycles. The molecule has 146 valence electrons. The molecular weight excluding hydrogens is 326 g/mol. The fraction of sp³-hybridized carbons (Fsp3) is 0.462. The molecule has 0 amide bonds. The normalized spacial score (nSPS) is 21.9. The lowest BCUT2D eigenvalue weighted by atomic mass is 9.66.